The van der Waals surface area contributed by atoms with Crippen LogP contribution in [0.3, 0.4) is 0 Å². The largest absolute Gasteiger partial charge is 0.497 e. The predicted molar refractivity (Wildman–Crippen MR) is 275 cm³/mol. The molecule has 0 saturated heterocycles. The molecule has 372 valence electrons. The second kappa shape index (κ2) is 29.1. The predicted octanol–water partition coefficient (Wildman–Crippen LogP) is 14.5. The number of ketones is 1. The molecule has 8 nitrogen and oxygen atoms in total. The van der Waals surface area contributed by atoms with Crippen LogP contribution in [0, 0.1) is 68.0 Å². The van der Waals surface area contributed by atoms with Crippen LogP contribution in [0.25, 0.3) is 0 Å². The Hall–Kier alpha value is -3.70. The summed E-state index contributed by atoms with van der Waals surface area (Å²) in [7, 11) is 6.84. The first-order valence-electron chi connectivity index (χ1n) is 25.0. The molecule has 4 fully saturated rings. The highest BCUT2D eigenvalue weighted by atomic mass is 16.5. The van der Waals surface area contributed by atoms with Crippen molar-refractivity contribution in [1.29, 1.82) is 5.26 Å². The molecular weight excluding hydrogens is 809 g/mol. The average molecular weight is 907 g/mol. The van der Waals surface area contributed by atoms with Crippen molar-refractivity contribution in [3.05, 3.63) is 71.7 Å². The van der Waals surface area contributed by atoms with E-state index in [4.69, 9.17) is 26.8 Å². The van der Waals surface area contributed by atoms with E-state index < -0.39 is 11.4 Å². The third kappa shape index (κ3) is 14.4. The quantitative estimate of drug-likeness (QED) is 0.0858. The number of hydrogen-bond donors (Lipinski definition) is 2. The zero-order valence-corrected chi connectivity index (χ0v) is 45.2. The summed E-state index contributed by atoms with van der Waals surface area (Å²) >= 11 is 0. The van der Waals surface area contributed by atoms with Crippen LogP contribution in [-0.2, 0) is 19.1 Å². The van der Waals surface area contributed by atoms with Gasteiger partial charge >= 0.3 is 5.97 Å². The maximum absolute atomic E-state index is 13.2. The van der Waals surface area contributed by atoms with Crippen molar-refractivity contribution in [3.63, 3.8) is 0 Å². The van der Waals surface area contributed by atoms with Crippen molar-refractivity contribution >= 4 is 18.0 Å². The van der Waals surface area contributed by atoms with Crippen LogP contribution in [0.2, 0.25) is 0 Å². The smallest absolute Gasteiger partial charge is 0.304 e. The van der Waals surface area contributed by atoms with Gasteiger partial charge in [0, 0.05) is 43.8 Å². The Balaban J connectivity index is 0. The fourth-order valence-corrected chi connectivity index (χ4v) is 12.7. The lowest BCUT2D eigenvalue weighted by atomic mass is 9.35. The molecule has 0 amide bonds. The Morgan fingerprint density at radius 1 is 0.969 bits per heavy atom. The number of fused-ring (bicyclic) bond motifs is 7. The van der Waals surface area contributed by atoms with Crippen LogP contribution in [0.15, 0.2) is 71.7 Å². The Kier molecular flexibility index (Phi) is 28.4. The molecule has 4 saturated carbocycles. The minimum atomic E-state index is -0.938. The van der Waals surface area contributed by atoms with Crippen molar-refractivity contribution in [2.24, 2.45) is 56.7 Å². The molecule has 0 aromatic rings. The summed E-state index contributed by atoms with van der Waals surface area (Å²) in [5.74, 6) is 3.47. The standard InChI is InChI=1S/C38H56N2O.C6H10O3.C6H10O.3C2H6.CH4O/c1-10-27-16-18-35(5)29(27)17-19-37(7)31(35)15-14-30-34-33(25(2)3)26(4)24-38(34,21-20-36(30,37)6)32(40(8)9)23-28(41)13-11-12-22-39;1-6(2,4-7)3-5(8)9;1-4-6(5-2)7-3;4*1-2/h11,13,23,25,27,29-31H,4,10,12,14-21,24H2,1-3,5-9H3;4H,3H2,1-2H3,(H,8,9);4-5H,1H2,2-3H3;3*1-2H3;2H,1H3/b13-11-,32-23-;;6-5+;;;;/t27?,29?,30?,31?,35?,36-,37?,38?;;;;;;/m1....../s1. The van der Waals surface area contributed by atoms with Crippen molar-refractivity contribution in [2.45, 2.75) is 181 Å². The number of nitriles is 1. The molecule has 0 heterocycles. The summed E-state index contributed by atoms with van der Waals surface area (Å²) in [6, 6.07) is 2.12. The minimum absolute atomic E-state index is 0.0109. The van der Waals surface area contributed by atoms with E-state index in [1.807, 2.05) is 60.6 Å². The fourth-order valence-electron chi connectivity index (χ4n) is 12.7. The van der Waals surface area contributed by atoms with Crippen molar-refractivity contribution in [3.8, 4) is 6.07 Å². The van der Waals surface area contributed by atoms with E-state index in [2.05, 4.69) is 73.2 Å². The first-order valence-corrected chi connectivity index (χ1v) is 25.0. The number of aldehydes is 1. The van der Waals surface area contributed by atoms with Crippen molar-refractivity contribution < 1.29 is 29.3 Å². The molecule has 0 bridgehead atoms. The SMILES string of the molecule is C=C/C(=C\C)OC.C=C1CC2(/C(=C/C(=O)/C=C\CC#N)N(C)C)CC[C@]3(C)C(CCC4C5(C)CCC(CC)C5CCC43C)C2=C1C(C)C.CC.CC.CC.CC(C)(C=O)CC(=O)O.CO. The Bertz CT molecular complexity index is 1690. The van der Waals surface area contributed by atoms with Crippen molar-refractivity contribution in [2.75, 3.05) is 28.3 Å². The molecule has 0 aromatic heterocycles. The summed E-state index contributed by atoms with van der Waals surface area (Å²) in [5, 5.41) is 24.2. The van der Waals surface area contributed by atoms with Gasteiger partial charge in [0.25, 0.3) is 0 Å². The van der Waals surface area contributed by atoms with E-state index in [1.54, 1.807) is 44.8 Å². The van der Waals surface area contributed by atoms with Gasteiger partial charge in [-0.2, -0.15) is 5.26 Å². The molecule has 65 heavy (non-hydrogen) atoms. The molecular formula is C57H98N2O6. The van der Waals surface area contributed by atoms with Gasteiger partial charge in [-0.05, 0) is 134 Å². The van der Waals surface area contributed by atoms with Gasteiger partial charge in [-0.15, -0.1) is 0 Å². The Morgan fingerprint density at radius 3 is 1.97 bits per heavy atom. The van der Waals surface area contributed by atoms with E-state index in [0.29, 0.717) is 29.0 Å². The summed E-state index contributed by atoms with van der Waals surface area (Å²) in [4.78, 5) is 35.5. The molecule has 0 radical (unpaired) electrons. The topological polar surface area (TPSA) is 128 Å². The van der Waals surface area contributed by atoms with E-state index in [1.165, 1.54) is 62.5 Å². The van der Waals surface area contributed by atoms with E-state index in [-0.39, 0.29) is 29.5 Å². The second-order valence-electron chi connectivity index (χ2n) is 19.6. The lowest BCUT2D eigenvalue weighted by molar-refractivity contribution is -0.180. The van der Waals surface area contributed by atoms with Gasteiger partial charge in [0.05, 0.1) is 26.0 Å². The van der Waals surface area contributed by atoms with Crippen LogP contribution in [0.4, 0.5) is 0 Å². The number of aliphatic hydroxyl groups excluding tert-OH is 1. The molecule has 0 aromatic carbocycles. The lowest BCUT2D eigenvalue weighted by Crippen LogP contribution is -2.62. The number of ether oxygens (including phenoxy) is 1. The molecule has 5 aliphatic carbocycles. The normalized spacial score (nSPS) is 29.6. The number of methoxy groups -OCH3 is 1. The highest BCUT2D eigenvalue weighted by Gasteiger charge is 2.69. The summed E-state index contributed by atoms with van der Waals surface area (Å²) < 4.78 is 4.79. The molecule has 5 aliphatic rings. The number of carbonyl (C=O) groups excluding carboxylic acids is 2. The summed E-state index contributed by atoms with van der Waals surface area (Å²) in [6.45, 7) is 40.5. The van der Waals surface area contributed by atoms with E-state index in [9.17, 15) is 14.4 Å². The first-order chi connectivity index (χ1) is 30.6. The molecule has 5 rings (SSSR count). The number of hydrogen-bond acceptors (Lipinski definition) is 7. The number of nitrogens with zero attached hydrogens (tertiary/aromatic N) is 2. The van der Waals surface area contributed by atoms with Gasteiger partial charge in [0.2, 0.25) is 0 Å². The highest BCUT2D eigenvalue weighted by molar-refractivity contribution is 5.99. The van der Waals surface area contributed by atoms with Crippen LogP contribution in [0.1, 0.15) is 181 Å². The van der Waals surface area contributed by atoms with Gasteiger partial charge in [-0.1, -0.05) is 134 Å². The maximum Gasteiger partial charge on any atom is 0.304 e. The van der Waals surface area contributed by atoms with E-state index in [0.717, 1.165) is 49.2 Å². The van der Waals surface area contributed by atoms with Crippen LogP contribution >= 0.6 is 0 Å². The van der Waals surface area contributed by atoms with Crippen LogP contribution in [-0.4, -0.2) is 61.5 Å². The highest BCUT2D eigenvalue weighted by Crippen LogP contribution is 2.77. The first kappa shape index (κ1) is 63.4. The van der Waals surface area contributed by atoms with Crippen LogP contribution < -0.4 is 0 Å². The number of carbonyl (C=O) groups is 3. The number of carboxylic acid groups (broad SMARTS) is 1. The molecule has 8 heteroatoms. The number of rotatable bonds is 12. The molecule has 0 spiro atoms. The van der Waals surface area contributed by atoms with Gasteiger partial charge in [0.15, 0.2) is 5.78 Å². The third-order valence-corrected chi connectivity index (χ3v) is 15.4. The molecule has 2 N–H and O–H groups in total. The number of carboxylic acids is 1. The van der Waals surface area contributed by atoms with Gasteiger partial charge in [-0.3, -0.25) is 9.59 Å². The third-order valence-electron chi connectivity index (χ3n) is 15.4. The molecule has 0 aliphatic heterocycles. The molecule has 8 atom stereocenters. The molecule has 7 unspecified atom stereocenters. The van der Waals surface area contributed by atoms with Crippen LogP contribution in [0.5, 0.6) is 0 Å². The zero-order valence-electron chi connectivity index (χ0n) is 45.2. The number of allylic oxidation sites excluding steroid dienone is 8. The summed E-state index contributed by atoms with van der Waals surface area (Å²) in [5.41, 5.74) is 5.80. The monoisotopic (exact) mass is 907 g/mol. The van der Waals surface area contributed by atoms with Gasteiger partial charge in [0.1, 0.15) is 12.0 Å². The maximum atomic E-state index is 13.2. The number of aliphatic carboxylic acids is 1. The van der Waals surface area contributed by atoms with Gasteiger partial charge in [-0.25, -0.2) is 0 Å². The summed E-state index contributed by atoms with van der Waals surface area (Å²) in [6.07, 6.45) is 22.3. The van der Waals surface area contributed by atoms with Gasteiger partial charge < -0.3 is 24.6 Å². The fraction of sp³-hybridized carbons (Fsp3) is 0.719. The average Bonchev–Trinajstić information content (AvgIpc) is 3.79. The lowest BCUT2D eigenvalue weighted by Gasteiger charge is -2.69. The Labute approximate surface area is 399 Å². The Morgan fingerprint density at radius 2 is 1.55 bits per heavy atom. The van der Waals surface area contributed by atoms with E-state index >= 15 is 0 Å². The number of aliphatic hydroxyl groups is 1. The van der Waals surface area contributed by atoms with Crippen molar-refractivity contribution in [1.82, 2.24) is 4.90 Å². The second-order valence-corrected chi connectivity index (χ2v) is 19.6. The zero-order chi connectivity index (χ0) is 51.1. The minimum Gasteiger partial charge on any atom is -0.497 e.